The summed E-state index contributed by atoms with van der Waals surface area (Å²) in [5.41, 5.74) is -0.974. The van der Waals surface area contributed by atoms with Gasteiger partial charge in [-0.25, -0.2) is 4.79 Å². The van der Waals surface area contributed by atoms with Gasteiger partial charge in [-0.3, -0.25) is 5.32 Å². The Bertz CT molecular complexity index is 538. The van der Waals surface area contributed by atoms with Crippen molar-refractivity contribution in [2.75, 3.05) is 12.4 Å². The van der Waals surface area contributed by atoms with Gasteiger partial charge >= 0.3 is 12.3 Å². The molecule has 0 saturated heterocycles. The average molecular weight is 321 g/mol. The third-order valence-corrected chi connectivity index (χ3v) is 2.49. The number of anilines is 1. The van der Waals surface area contributed by atoms with Crippen LogP contribution < -0.4 is 10.1 Å². The summed E-state index contributed by atoms with van der Waals surface area (Å²) in [4.78, 5) is 11.7. The van der Waals surface area contributed by atoms with Gasteiger partial charge in [-0.15, -0.1) is 0 Å². The van der Waals surface area contributed by atoms with E-state index in [2.05, 4.69) is 5.32 Å². The molecule has 8 heteroatoms. The molecule has 0 aliphatic heterocycles. The van der Waals surface area contributed by atoms with Gasteiger partial charge in [0.25, 0.3) is 0 Å². The third-order valence-electron chi connectivity index (χ3n) is 2.49. The number of halogens is 3. The molecule has 0 spiro atoms. The van der Waals surface area contributed by atoms with Gasteiger partial charge in [-0.2, -0.15) is 13.2 Å². The largest absolute Gasteiger partial charge is 0.495 e. The number of hydrogen-bond donors (Lipinski definition) is 2. The van der Waals surface area contributed by atoms with Gasteiger partial charge in [-0.1, -0.05) is 6.07 Å². The molecule has 1 aromatic carbocycles. The SMILES string of the molecule is COc1cc([C@H](O)C(F)(F)F)ccc1NC(=O)OC(C)(C)C. The van der Waals surface area contributed by atoms with Crippen molar-refractivity contribution in [2.24, 2.45) is 0 Å². The second kappa shape index (κ2) is 6.43. The number of hydrogen-bond acceptors (Lipinski definition) is 4. The Labute approximate surface area is 126 Å². The number of alkyl halides is 3. The topological polar surface area (TPSA) is 67.8 Å². The summed E-state index contributed by atoms with van der Waals surface area (Å²) in [7, 11) is 1.24. The minimum atomic E-state index is -4.79. The number of carbonyl (C=O) groups is 1. The fourth-order valence-electron chi connectivity index (χ4n) is 1.58. The molecule has 0 radical (unpaired) electrons. The van der Waals surface area contributed by atoms with Gasteiger partial charge in [0.1, 0.15) is 11.4 Å². The molecule has 0 aliphatic rings. The molecule has 0 unspecified atom stereocenters. The van der Waals surface area contributed by atoms with E-state index in [0.29, 0.717) is 0 Å². The molecule has 0 heterocycles. The lowest BCUT2D eigenvalue weighted by Crippen LogP contribution is -2.27. The van der Waals surface area contributed by atoms with Gasteiger partial charge in [0, 0.05) is 0 Å². The third kappa shape index (κ3) is 5.10. The highest BCUT2D eigenvalue weighted by atomic mass is 19.4. The maximum absolute atomic E-state index is 12.5. The zero-order chi connectivity index (χ0) is 17.1. The molecular formula is C14H18F3NO4. The van der Waals surface area contributed by atoms with Crippen LogP contribution in [0.4, 0.5) is 23.7 Å². The first-order valence-corrected chi connectivity index (χ1v) is 6.37. The second-order valence-electron chi connectivity index (χ2n) is 5.53. The van der Waals surface area contributed by atoms with Crippen molar-refractivity contribution in [3.8, 4) is 5.75 Å². The molecule has 1 amide bonds. The quantitative estimate of drug-likeness (QED) is 0.892. The van der Waals surface area contributed by atoms with E-state index in [0.717, 1.165) is 12.1 Å². The van der Waals surface area contributed by atoms with E-state index in [1.807, 2.05) is 0 Å². The van der Waals surface area contributed by atoms with Gasteiger partial charge in [0.2, 0.25) is 0 Å². The van der Waals surface area contributed by atoms with Crippen LogP contribution in [-0.2, 0) is 4.74 Å². The lowest BCUT2D eigenvalue weighted by molar-refractivity contribution is -0.206. The molecular weight excluding hydrogens is 303 g/mol. The monoisotopic (exact) mass is 321 g/mol. The number of nitrogens with one attached hydrogen (secondary N) is 1. The van der Waals surface area contributed by atoms with E-state index >= 15 is 0 Å². The molecule has 1 rings (SSSR count). The lowest BCUT2D eigenvalue weighted by Gasteiger charge is -2.21. The Hall–Kier alpha value is -1.96. The van der Waals surface area contributed by atoms with E-state index in [9.17, 15) is 23.1 Å². The smallest absolute Gasteiger partial charge is 0.418 e. The van der Waals surface area contributed by atoms with E-state index < -0.39 is 24.0 Å². The minimum Gasteiger partial charge on any atom is -0.495 e. The van der Waals surface area contributed by atoms with Crippen LogP contribution in [0.15, 0.2) is 18.2 Å². The average Bonchev–Trinajstić information content (AvgIpc) is 2.35. The zero-order valence-electron chi connectivity index (χ0n) is 12.6. The maximum Gasteiger partial charge on any atom is 0.418 e. The van der Waals surface area contributed by atoms with Crippen molar-refractivity contribution < 1.29 is 32.5 Å². The molecule has 1 aromatic rings. The number of rotatable bonds is 3. The van der Waals surface area contributed by atoms with Gasteiger partial charge in [-0.05, 0) is 38.5 Å². The molecule has 0 saturated carbocycles. The molecule has 2 N–H and O–H groups in total. The summed E-state index contributed by atoms with van der Waals surface area (Å²) < 4.78 is 47.4. The molecule has 0 fully saturated rings. The first kappa shape index (κ1) is 18.1. The van der Waals surface area contributed by atoms with Crippen molar-refractivity contribution in [1.82, 2.24) is 0 Å². The Morgan fingerprint density at radius 2 is 1.86 bits per heavy atom. The molecule has 5 nitrogen and oxygen atoms in total. The van der Waals surface area contributed by atoms with Crippen LogP contribution in [0.5, 0.6) is 5.75 Å². The first-order valence-electron chi connectivity index (χ1n) is 6.37. The van der Waals surface area contributed by atoms with Crippen LogP contribution >= 0.6 is 0 Å². The summed E-state index contributed by atoms with van der Waals surface area (Å²) in [5.74, 6) is -0.0216. The summed E-state index contributed by atoms with van der Waals surface area (Å²) in [6.07, 6.45) is -8.18. The molecule has 1 atom stereocenters. The number of amides is 1. The van der Waals surface area contributed by atoms with Crippen LogP contribution in [-0.4, -0.2) is 30.1 Å². The summed E-state index contributed by atoms with van der Waals surface area (Å²) in [6.45, 7) is 5.02. The fraction of sp³-hybridized carbons (Fsp3) is 0.500. The lowest BCUT2D eigenvalue weighted by atomic mass is 10.1. The summed E-state index contributed by atoms with van der Waals surface area (Å²) >= 11 is 0. The molecule has 22 heavy (non-hydrogen) atoms. The Morgan fingerprint density at radius 3 is 2.32 bits per heavy atom. The Balaban J connectivity index is 2.97. The maximum atomic E-state index is 12.5. The summed E-state index contributed by atoms with van der Waals surface area (Å²) in [6, 6.07) is 3.26. The minimum absolute atomic E-state index is 0.0216. The van der Waals surface area contributed by atoms with Crippen LogP contribution in [0.3, 0.4) is 0 Å². The number of aliphatic hydroxyl groups excluding tert-OH is 1. The molecule has 0 bridgehead atoms. The zero-order valence-corrected chi connectivity index (χ0v) is 12.6. The number of aliphatic hydroxyl groups is 1. The number of ether oxygens (including phenoxy) is 2. The van der Waals surface area contributed by atoms with Crippen LogP contribution in [0.1, 0.15) is 32.4 Å². The van der Waals surface area contributed by atoms with Crippen molar-refractivity contribution in [2.45, 2.75) is 38.7 Å². The predicted molar refractivity (Wildman–Crippen MR) is 73.9 cm³/mol. The standard InChI is InChI=1S/C14H18F3NO4/c1-13(2,3)22-12(20)18-9-6-5-8(7-10(9)21-4)11(19)14(15,16)17/h5-7,11,19H,1-4H3,(H,18,20)/t11-/m0/s1. The van der Waals surface area contributed by atoms with E-state index in [4.69, 9.17) is 9.47 Å². The van der Waals surface area contributed by atoms with Crippen LogP contribution in [0, 0.1) is 0 Å². The highest BCUT2D eigenvalue weighted by molar-refractivity contribution is 5.87. The highest BCUT2D eigenvalue weighted by Crippen LogP contribution is 2.36. The van der Waals surface area contributed by atoms with Crippen molar-refractivity contribution in [1.29, 1.82) is 0 Å². The van der Waals surface area contributed by atoms with E-state index in [-0.39, 0.29) is 17.0 Å². The van der Waals surface area contributed by atoms with E-state index in [1.165, 1.54) is 13.2 Å². The number of benzene rings is 1. The van der Waals surface area contributed by atoms with E-state index in [1.54, 1.807) is 20.8 Å². The number of carbonyl (C=O) groups excluding carboxylic acids is 1. The van der Waals surface area contributed by atoms with Gasteiger partial charge in [0.05, 0.1) is 12.8 Å². The summed E-state index contributed by atoms with van der Waals surface area (Å²) in [5, 5.41) is 11.6. The molecule has 0 aromatic heterocycles. The Morgan fingerprint density at radius 1 is 1.27 bits per heavy atom. The normalized spacial score (nSPS) is 13.5. The number of methoxy groups -OCH3 is 1. The highest BCUT2D eigenvalue weighted by Gasteiger charge is 2.39. The fourth-order valence-corrected chi connectivity index (χ4v) is 1.58. The van der Waals surface area contributed by atoms with Crippen molar-refractivity contribution in [3.05, 3.63) is 23.8 Å². The van der Waals surface area contributed by atoms with Gasteiger partial charge in [0.15, 0.2) is 6.10 Å². The van der Waals surface area contributed by atoms with Crippen LogP contribution in [0.2, 0.25) is 0 Å². The van der Waals surface area contributed by atoms with Gasteiger partial charge < -0.3 is 14.6 Å². The molecule has 124 valence electrons. The van der Waals surface area contributed by atoms with Crippen molar-refractivity contribution in [3.63, 3.8) is 0 Å². The predicted octanol–water partition coefficient (Wildman–Crippen LogP) is 3.64. The first-order chi connectivity index (χ1) is 9.94. The second-order valence-corrected chi connectivity index (χ2v) is 5.53. The molecule has 0 aliphatic carbocycles. The Kier molecular flexibility index (Phi) is 5.29. The van der Waals surface area contributed by atoms with Crippen LogP contribution in [0.25, 0.3) is 0 Å². The van der Waals surface area contributed by atoms with Crippen molar-refractivity contribution >= 4 is 11.8 Å².